The number of carbonyl (C=O) groups is 1. The molecule has 1 atom stereocenters. The zero-order valence-electron chi connectivity index (χ0n) is 17.2. The first-order valence-corrected chi connectivity index (χ1v) is 10.6. The van der Waals surface area contributed by atoms with Gasteiger partial charge in [-0.1, -0.05) is 6.07 Å². The van der Waals surface area contributed by atoms with Crippen LogP contribution in [0.15, 0.2) is 30.3 Å². The molecule has 5 heterocycles. The molecular formula is C22H22N6O3. The topological polar surface area (TPSA) is 94.4 Å². The zero-order valence-corrected chi connectivity index (χ0v) is 17.2. The van der Waals surface area contributed by atoms with Gasteiger partial charge >= 0.3 is 0 Å². The minimum absolute atomic E-state index is 0.0574. The van der Waals surface area contributed by atoms with Crippen LogP contribution in [0.25, 0.3) is 5.82 Å². The molecule has 0 spiro atoms. The molecular weight excluding hydrogens is 396 g/mol. The van der Waals surface area contributed by atoms with Crippen LogP contribution in [-0.2, 0) is 4.79 Å². The lowest BCUT2D eigenvalue weighted by atomic mass is 9.85. The van der Waals surface area contributed by atoms with E-state index >= 15 is 0 Å². The fourth-order valence-electron chi connectivity index (χ4n) is 4.67. The summed E-state index contributed by atoms with van der Waals surface area (Å²) in [4.78, 5) is 14.8. The molecule has 1 fully saturated rings. The Bertz CT molecular complexity index is 1170. The minimum atomic E-state index is -0.121. The number of hydrogen-bond acceptors (Lipinski definition) is 7. The molecule has 3 aliphatic heterocycles. The van der Waals surface area contributed by atoms with E-state index in [1.54, 1.807) is 4.68 Å². The van der Waals surface area contributed by atoms with Gasteiger partial charge in [0.2, 0.25) is 12.7 Å². The van der Waals surface area contributed by atoms with Crippen molar-refractivity contribution in [3.8, 4) is 17.3 Å². The number of carbonyl (C=O) groups excluding carboxylic acids is 1. The number of aromatic nitrogens is 4. The molecule has 31 heavy (non-hydrogen) atoms. The van der Waals surface area contributed by atoms with Crippen molar-refractivity contribution < 1.29 is 14.3 Å². The molecule has 0 unspecified atom stereocenters. The van der Waals surface area contributed by atoms with Gasteiger partial charge in [-0.05, 0) is 49.6 Å². The number of nitrogens with zero attached hydrogens (tertiary/aromatic N) is 5. The molecule has 3 aromatic rings. The Morgan fingerprint density at radius 3 is 2.61 bits per heavy atom. The maximum absolute atomic E-state index is 12.6. The van der Waals surface area contributed by atoms with Gasteiger partial charge in [0, 0.05) is 31.0 Å². The molecule has 9 nitrogen and oxygen atoms in total. The van der Waals surface area contributed by atoms with Gasteiger partial charge in [-0.15, -0.1) is 10.2 Å². The Morgan fingerprint density at radius 2 is 1.81 bits per heavy atom. The van der Waals surface area contributed by atoms with Crippen molar-refractivity contribution in [2.45, 2.75) is 32.1 Å². The van der Waals surface area contributed by atoms with Crippen molar-refractivity contribution in [3.63, 3.8) is 0 Å². The lowest BCUT2D eigenvalue weighted by molar-refractivity contribution is -0.116. The van der Waals surface area contributed by atoms with Crippen LogP contribution in [0.2, 0.25) is 0 Å². The van der Waals surface area contributed by atoms with Gasteiger partial charge in [0.25, 0.3) is 0 Å². The number of aryl methyl sites for hydroxylation is 1. The van der Waals surface area contributed by atoms with E-state index in [0.29, 0.717) is 23.8 Å². The highest BCUT2D eigenvalue weighted by Crippen LogP contribution is 2.43. The van der Waals surface area contributed by atoms with Gasteiger partial charge in [-0.2, -0.15) is 9.78 Å². The van der Waals surface area contributed by atoms with Crippen molar-refractivity contribution in [1.82, 2.24) is 20.0 Å². The van der Waals surface area contributed by atoms with E-state index in [0.717, 1.165) is 41.5 Å². The third-order valence-electron chi connectivity index (χ3n) is 6.18. The molecule has 158 valence electrons. The summed E-state index contributed by atoms with van der Waals surface area (Å²) in [5, 5.41) is 16.5. The first kappa shape index (κ1) is 18.2. The maximum atomic E-state index is 12.6. The second-order valence-electron chi connectivity index (χ2n) is 8.12. The minimum Gasteiger partial charge on any atom is -0.454 e. The van der Waals surface area contributed by atoms with E-state index in [4.69, 9.17) is 14.6 Å². The fourth-order valence-corrected chi connectivity index (χ4v) is 4.67. The summed E-state index contributed by atoms with van der Waals surface area (Å²) in [6.07, 6.45) is 2.71. The monoisotopic (exact) mass is 418 g/mol. The van der Waals surface area contributed by atoms with Crippen molar-refractivity contribution in [2.75, 3.05) is 30.1 Å². The highest BCUT2D eigenvalue weighted by Gasteiger charge is 2.33. The van der Waals surface area contributed by atoms with Gasteiger partial charge in [-0.25, -0.2) is 0 Å². The van der Waals surface area contributed by atoms with E-state index in [-0.39, 0.29) is 18.6 Å². The predicted octanol–water partition coefficient (Wildman–Crippen LogP) is 2.77. The molecule has 1 N–H and O–H groups in total. The lowest BCUT2D eigenvalue weighted by Crippen LogP contribution is -2.25. The van der Waals surface area contributed by atoms with E-state index in [9.17, 15) is 4.79 Å². The Labute approximate surface area is 179 Å². The number of fused-ring (bicyclic) bond motifs is 2. The van der Waals surface area contributed by atoms with E-state index in [1.165, 1.54) is 12.8 Å². The maximum Gasteiger partial charge on any atom is 0.231 e. The fraction of sp³-hybridized carbons (Fsp3) is 0.364. The summed E-state index contributed by atoms with van der Waals surface area (Å²) in [6, 6.07) is 9.71. The van der Waals surface area contributed by atoms with Gasteiger partial charge in [-0.3, -0.25) is 4.79 Å². The number of rotatable bonds is 3. The molecule has 1 saturated heterocycles. The van der Waals surface area contributed by atoms with Crippen LogP contribution >= 0.6 is 0 Å². The summed E-state index contributed by atoms with van der Waals surface area (Å²) in [7, 11) is 0. The van der Waals surface area contributed by atoms with Crippen molar-refractivity contribution >= 4 is 17.5 Å². The first-order chi connectivity index (χ1) is 15.2. The molecule has 0 radical (unpaired) electrons. The third-order valence-corrected chi connectivity index (χ3v) is 6.18. The molecule has 6 rings (SSSR count). The third kappa shape index (κ3) is 2.99. The molecule has 3 aliphatic rings. The lowest BCUT2D eigenvalue weighted by Gasteiger charge is -2.24. The molecule has 1 aromatic carbocycles. The number of anilines is 2. The summed E-state index contributed by atoms with van der Waals surface area (Å²) in [5.74, 6) is 3.37. The van der Waals surface area contributed by atoms with Gasteiger partial charge < -0.3 is 19.7 Å². The van der Waals surface area contributed by atoms with Crippen LogP contribution in [0.1, 0.15) is 42.0 Å². The molecule has 9 heteroatoms. The smallest absolute Gasteiger partial charge is 0.231 e. The van der Waals surface area contributed by atoms with Crippen molar-refractivity contribution in [2.24, 2.45) is 0 Å². The van der Waals surface area contributed by atoms with Crippen LogP contribution in [0, 0.1) is 6.92 Å². The first-order valence-electron chi connectivity index (χ1n) is 10.6. The number of hydrogen-bond donors (Lipinski definition) is 1. The summed E-state index contributed by atoms with van der Waals surface area (Å²) in [5.41, 5.74) is 2.84. The van der Waals surface area contributed by atoms with E-state index < -0.39 is 0 Å². The number of benzene rings is 1. The second kappa shape index (κ2) is 6.97. The summed E-state index contributed by atoms with van der Waals surface area (Å²) < 4.78 is 12.6. The van der Waals surface area contributed by atoms with Gasteiger partial charge in [0.1, 0.15) is 5.82 Å². The van der Waals surface area contributed by atoms with Gasteiger partial charge in [0.15, 0.2) is 23.1 Å². The normalized spacial score (nSPS) is 19.5. The average Bonchev–Trinajstić information content (AvgIpc) is 3.53. The Kier molecular flexibility index (Phi) is 4.09. The van der Waals surface area contributed by atoms with Crippen LogP contribution in [0.3, 0.4) is 0 Å². The predicted molar refractivity (Wildman–Crippen MR) is 113 cm³/mol. The molecule has 0 saturated carbocycles. The number of ether oxygens (including phenoxy) is 2. The Morgan fingerprint density at radius 1 is 1.03 bits per heavy atom. The summed E-state index contributed by atoms with van der Waals surface area (Å²) >= 11 is 0. The van der Waals surface area contributed by atoms with Crippen molar-refractivity contribution in [1.29, 1.82) is 0 Å². The molecule has 0 aliphatic carbocycles. The number of nitrogens with one attached hydrogen (secondary N) is 1. The Hall–Kier alpha value is -3.62. The molecule has 2 aromatic heterocycles. The second-order valence-corrected chi connectivity index (χ2v) is 8.12. The quantitative estimate of drug-likeness (QED) is 0.699. The SMILES string of the molecule is Cc1nn(-c2ccc(N3CCCC3)nn2)c2c1[C@H](c1ccc3c(c1)OCO3)CC(=O)N2. The van der Waals surface area contributed by atoms with Gasteiger partial charge in [0.05, 0.1) is 5.69 Å². The Balaban J connectivity index is 1.39. The van der Waals surface area contributed by atoms with Crippen LogP contribution in [0.5, 0.6) is 11.5 Å². The highest BCUT2D eigenvalue weighted by molar-refractivity contribution is 5.95. The summed E-state index contributed by atoms with van der Waals surface area (Å²) in [6.45, 7) is 4.20. The average molecular weight is 418 g/mol. The largest absolute Gasteiger partial charge is 0.454 e. The van der Waals surface area contributed by atoms with Crippen LogP contribution in [-0.4, -0.2) is 45.8 Å². The van der Waals surface area contributed by atoms with Crippen LogP contribution in [0.4, 0.5) is 11.6 Å². The van der Waals surface area contributed by atoms with E-state index in [1.807, 2.05) is 37.3 Å². The highest BCUT2D eigenvalue weighted by atomic mass is 16.7. The zero-order chi connectivity index (χ0) is 20.9. The molecule has 1 amide bonds. The standard InChI is InChI=1S/C22H22N6O3/c1-13-21-15(14-4-5-16-17(10-14)31-12-30-16)11-20(29)23-22(21)28(26-13)19-7-6-18(24-25-19)27-8-2-3-9-27/h4-7,10,15H,2-3,8-9,11-12H2,1H3,(H,23,29)/t15-/m0/s1. The van der Waals surface area contributed by atoms with E-state index in [2.05, 4.69) is 20.4 Å². The van der Waals surface area contributed by atoms with Crippen molar-refractivity contribution in [3.05, 3.63) is 47.2 Å². The molecule has 0 bridgehead atoms. The number of amides is 1. The van der Waals surface area contributed by atoms with Crippen LogP contribution < -0.4 is 19.7 Å².